The molecule has 0 saturated heterocycles. The Morgan fingerprint density at radius 3 is 2.65 bits per heavy atom. The molecule has 0 spiro atoms. The van der Waals surface area contributed by atoms with Crippen molar-refractivity contribution in [3.8, 4) is 0 Å². The maximum atomic E-state index is 12.5. The van der Waals surface area contributed by atoms with E-state index in [9.17, 15) is 18.4 Å². The summed E-state index contributed by atoms with van der Waals surface area (Å²) in [6.07, 6.45) is 6.03. The van der Waals surface area contributed by atoms with Crippen LogP contribution in [0.2, 0.25) is 5.02 Å². The van der Waals surface area contributed by atoms with Gasteiger partial charge in [0.1, 0.15) is 5.69 Å². The lowest BCUT2D eigenvalue weighted by atomic mass is 9.71. The number of primary amides is 1. The number of hydrogen-bond acceptors (Lipinski definition) is 3. The minimum atomic E-state index is -0.987. The topological polar surface area (TPSA) is 88.8 Å². The molecule has 0 unspecified atom stereocenters. The van der Waals surface area contributed by atoms with Crippen LogP contribution in [0, 0.1) is 17.0 Å². The van der Waals surface area contributed by atoms with Crippen LogP contribution in [0.25, 0.3) is 10.9 Å². The third kappa shape index (κ3) is 5.28. The largest absolute Gasteiger partial charge is 0.364 e. The summed E-state index contributed by atoms with van der Waals surface area (Å²) in [5, 5.41) is 0.101. The van der Waals surface area contributed by atoms with Gasteiger partial charge in [0.25, 0.3) is 5.91 Å². The van der Waals surface area contributed by atoms with E-state index in [0.29, 0.717) is 16.8 Å². The lowest BCUT2D eigenvalue weighted by Crippen LogP contribution is -2.23. The maximum absolute atomic E-state index is 12.5. The Morgan fingerprint density at radius 1 is 1.29 bits per heavy atom. The average molecular weight is 448 g/mol. The Bertz CT molecular complexity index is 1160. The molecule has 1 aliphatic carbocycles. The van der Waals surface area contributed by atoms with E-state index in [-0.39, 0.29) is 21.5 Å². The molecule has 1 aliphatic rings. The number of benzene rings is 1. The number of carbonyl (C=O) groups excluding carboxylic acids is 1. The fourth-order valence-electron chi connectivity index (χ4n) is 4.07. The number of nitrogens with two attached hydrogens (primary N) is 1. The van der Waals surface area contributed by atoms with Gasteiger partial charge >= 0.3 is 0 Å². The molecule has 1 saturated carbocycles. The number of H-pyrrole nitrogens is 1. The lowest BCUT2D eigenvalue weighted by molar-refractivity contribution is 0.0997. The number of carbonyl (C=O) groups is 1. The minimum Gasteiger partial charge on any atom is -0.364 e. The van der Waals surface area contributed by atoms with Gasteiger partial charge in [-0.2, -0.15) is 0 Å². The summed E-state index contributed by atoms with van der Waals surface area (Å²) in [5.74, 6) is -2.23. The monoisotopic (exact) mass is 447 g/mol. The van der Waals surface area contributed by atoms with Crippen LogP contribution in [-0.4, -0.2) is 15.9 Å². The van der Waals surface area contributed by atoms with Crippen LogP contribution in [0.3, 0.4) is 0 Å². The molecule has 2 heterocycles. The zero-order valence-corrected chi connectivity index (χ0v) is 18.1. The Balaban J connectivity index is 0.000000254. The van der Waals surface area contributed by atoms with Gasteiger partial charge in [-0.15, -0.1) is 0 Å². The smallest absolute Gasteiger partial charge is 0.268 e. The molecule has 1 aromatic carbocycles. The van der Waals surface area contributed by atoms with E-state index in [2.05, 4.69) is 23.8 Å². The first-order chi connectivity index (χ1) is 14.6. The Hall–Kier alpha value is -2.80. The molecule has 0 aliphatic heterocycles. The quantitative estimate of drug-likeness (QED) is 0.521. The molecule has 31 heavy (non-hydrogen) atoms. The normalized spacial score (nSPS) is 17.6. The predicted molar refractivity (Wildman–Crippen MR) is 117 cm³/mol. The molecule has 3 aromatic rings. The van der Waals surface area contributed by atoms with Gasteiger partial charge in [0.2, 0.25) is 0 Å². The second-order valence-corrected chi connectivity index (χ2v) is 8.94. The van der Waals surface area contributed by atoms with Crippen molar-refractivity contribution in [2.75, 3.05) is 0 Å². The summed E-state index contributed by atoms with van der Waals surface area (Å²) in [5.41, 5.74) is 7.04. The highest BCUT2D eigenvalue weighted by Gasteiger charge is 2.29. The van der Waals surface area contributed by atoms with Crippen molar-refractivity contribution in [1.29, 1.82) is 0 Å². The first kappa shape index (κ1) is 22.9. The van der Waals surface area contributed by atoms with Crippen molar-refractivity contribution in [2.24, 2.45) is 11.1 Å². The first-order valence-corrected chi connectivity index (χ1v) is 10.4. The van der Waals surface area contributed by atoms with Crippen molar-refractivity contribution >= 4 is 28.4 Å². The molecule has 164 valence electrons. The maximum Gasteiger partial charge on any atom is 0.268 e. The van der Waals surface area contributed by atoms with Crippen LogP contribution < -0.4 is 11.2 Å². The second kappa shape index (κ2) is 9.14. The van der Waals surface area contributed by atoms with Crippen molar-refractivity contribution in [3.63, 3.8) is 0 Å². The highest BCUT2D eigenvalue weighted by molar-refractivity contribution is 6.30. The minimum absolute atomic E-state index is 0.0364. The molecule has 4 rings (SSSR count). The Kier molecular flexibility index (Phi) is 6.74. The summed E-state index contributed by atoms with van der Waals surface area (Å²) >= 11 is 5.20. The highest BCUT2D eigenvalue weighted by Crippen LogP contribution is 2.42. The van der Waals surface area contributed by atoms with Gasteiger partial charge in [-0.3, -0.25) is 14.6 Å². The number of aromatic amines is 1. The lowest BCUT2D eigenvalue weighted by Gasteiger charge is -2.35. The molecule has 0 bridgehead atoms. The van der Waals surface area contributed by atoms with Crippen molar-refractivity contribution < 1.29 is 13.6 Å². The number of halogens is 3. The van der Waals surface area contributed by atoms with Gasteiger partial charge in [-0.05, 0) is 48.8 Å². The number of aromatic nitrogens is 2. The summed E-state index contributed by atoms with van der Waals surface area (Å²) in [4.78, 5) is 31.2. The van der Waals surface area contributed by atoms with Crippen LogP contribution in [0.15, 0.2) is 41.3 Å². The van der Waals surface area contributed by atoms with Crippen LogP contribution in [0.5, 0.6) is 0 Å². The van der Waals surface area contributed by atoms with E-state index in [1.54, 1.807) is 12.1 Å². The first-order valence-electron chi connectivity index (χ1n) is 10.0. The van der Waals surface area contributed by atoms with Crippen molar-refractivity contribution in [2.45, 2.75) is 45.4 Å². The predicted octanol–water partition coefficient (Wildman–Crippen LogP) is 5.32. The number of rotatable bonds is 2. The number of pyridine rings is 2. The van der Waals surface area contributed by atoms with Gasteiger partial charge < -0.3 is 10.7 Å². The third-order valence-electron chi connectivity index (χ3n) is 5.55. The zero-order valence-electron chi connectivity index (χ0n) is 17.3. The number of amides is 1. The molecule has 3 N–H and O–H groups in total. The number of fused-ring (bicyclic) bond motifs is 1. The second-order valence-electron chi connectivity index (χ2n) is 8.53. The summed E-state index contributed by atoms with van der Waals surface area (Å²) in [6.45, 7) is 4.54. The molecule has 2 aromatic heterocycles. The average Bonchev–Trinajstić information content (AvgIpc) is 2.71. The molecule has 8 heteroatoms. The van der Waals surface area contributed by atoms with Gasteiger partial charge in [0.15, 0.2) is 17.1 Å². The van der Waals surface area contributed by atoms with Crippen LogP contribution in [-0.2, 0) is 0 Å². The van der Waals surface area contributed by atoms with E-state index < -0.39 is 17.5 Å². The summed E-state index contributed by atoms with van der Waals surface area (Å²) in [7, 11) is 0. The number of hydrogen-bond donors (Lipinski definition) is 2. The molecular formula is C23H24ClF2N3O2. The molecule has 1 atom stereocenters. The fourth-order valence-corrected chi connectivity index (χ4v) is 4.23. The standard InChI is InChI=1S/C17H21N3O2.C6H3ClF2/c1-17(2)6-3-4-10(9-17)12-8-13(21)14-11(20-12)5-7-19-15(14)16(18)22;7-4-2-1-3-5(8)6(4)9/h5,7-8,10H,3-4,6,9H2,1-2H3,(H2,18,22)(H,20,21);1-3H/t10-;/m0./s1. The van der Waals surface area contributed by atoms with Gasteiger partial charge in [-0.1, -0.05) is 37.9 Å². The van der Waals surface area contributed by atoms with Crippen LogP contribution in [0.1, 0.15) is 61.6 Å². The Morgan fingerprint density at radius 2 is 2.03 bits per heavy atom. The SMILES string of the molecule is CC1(C)CCC[C@H](c2cc(=O)c3c(C(N)=O)nccc3[nH]2)C1.Fc1cccc(Cl)c1F. The van der Waals surface area contributed by atoms with Crippen LogP contribution >= 0.6 is 11.6 Å². The molecule has 1 amide bonds. The fraction of sp³-hybridized carbons (Fsp3) is 0.348. The van der Waals surface area contributed by atoms with Crippen molar-refractivity contribution in [3.05, 3.63) is 74.8 Å². The number of nitrogens with zero attached hydrogens (tertiary/aromatic N) is 1. The van der Waals surface area contributed by atoms with E-state index in [1.165, 1.54) is 31.2 Å². The van der Waals surface area contributed by atoms with E-state index in [1.807, 2.05) is 0 Å². The third-order valence-corrected chi connectivity index (χ3v) is 5.84. The van der Waals surface area contributed by atoms with Crippen LogP contribution in [0.4, 0.5) is 8.78 Å². The number of nitrogens with one attached hydrogen (secondary N) is 1. The van der Waals surface area contributed by atoms with Gasteiger partial charge in [-0.25, -0.2) is 8.78 Å². The highest BCUT2D eigenvalue weighted by atomic mass is 35.5. The van der Waals surface area contributed by atoms with E-state index in [4.69, 9.17) is 17.3 Å². The Labute approximate surface area is 183 Å². The van der Waals surface area contributed by atoms with Gasteiger partial charge in [0, 0.05) is 18.0 Å². The summed E-state index contributed by atoms with van der Waals surface area (Å²) < 4.78 is 24.3. The zero-order chi connectivity index (χ0) is 22.8. The molecule has 1 fully saturated rings. The van der Waals surface area contributed by atoms with Crippen molar-refractivity contribution in [1.82, 2.24) is 9.97 Å². The van der Waals surface area contributed by atoms with Gasteiger partial charge in [0.05, 0.1) is 15.9 Å². The summed E-state index contributed by atoms with van der Waals surface area (Å²) in [6, 6.07) is 6.99. The van der Waals surface area contributed by atoms with E-state index in [0.717, 1.165) is 24.6 Å². The molecular weight excluding hydrogens is 424 g/mol. The van der Waals surface area contributed by atoms with E-state index >= 15 is 0 Å². The molecule has 5 nitrogen and oxygen atoms in total. The molecule has 0 radical (unpaired) electrons.